The summed E-state index contributed by atoms with van der Waals surface area (Å²) in [7, 11) is 0. The smallest absolute Gasteiger partial charge is 0.237 e. The number of rotatable bonds is 3. The molecule has 0 bridgehead atoms. The van der Waals surface area contributed by atoms with Gasteiger partial charge in [-0.05, 0) is 17.7 Å². The Hall–Kier alpha value is -2.83. The van der Waals surface area contributed by atoms with Gasteiger partial charge in [0, 0.05) is 18.4 Å². The first-order chi connectivity index (χ1) is 14.8. The zero-order chi connectivity index (χ0) is 22.0. The maximum Gasteiger partial charge on any atom is 0.237 e. The number of benzene rings is 1. The molecule has 3 aromatic rings. The van der Waals surface area contributed by atoms with Crippen molar-refractivity contribution in [2.24, 2.45) is 5.10 Å². The fourth-order valence-corrected chi connectivity index (χ4v) is 4.31. The lowest BCUT2D eigenvalue weighted by atomic mass is 9.99. The monoisotopic (exact) mass is 446 g/mol. The second-order valence-corrected chi connectivity index (χ2v) is 8.17. The van der Waals surface area contributed by atoms with Crippen LogP contribution < -0.4 is 10.9 Å². The number of halogens is 1. The minimum Gasteiger partial charge on any atom is -0.387 e. The fourth-order valence-electron chi connectivity index (χ4n) is 4.19. The molecule has 1 aliphatic heterocycles. The number of hydrogen-bond acceptors (Lipinski definition) is 8. The molecular formula is C19H19ClN6O5. The normalized spacial score (nSPS) is 32.7. The highest BCUT2D eigenvalue weighted by molar-refractivity contribution is 6.30. The fraction of sp³-hybridized carbons (Fsp3) is 0.368. The van der Waals surface area contributed by atoms with Crippen molar-refractivity contribution in [3.8, 4) is 0 Å². The Labute approximate surface area is 180 Å². The Morgan fingerprint density at radius 2 is 2.13 bits per heavy atom. The SMILES string of the molecule is CC(=O)N/N=c1/nc[nH]c2c1cnn2[C@@H]1O[C@@]2(C[C@@]2(O)c2ccc(Cl)cc2)[C@@H](O)[C@H]1O. The number of aromatic nitrogens is 4. The van der Waals surface area contributed by atoms with Gasteiger partial charge >= 0.3 is 0 Å². The maximum atomic E-state index is 11.2. The number of nitrogens with zero attached hydrogens (tertiary/aromatic N) is 4. The molecule has 0 radical (unpaired) electrons. The second-order valence-electron chi connectivity index (χ2n) is 7.73. The van der Waals surface area contributed by atoms with Gasteiger partial charge in [-0.15, -0.1) is 0 Å². The molecule has 1 amide bonds. The van der Waals surface area contributed by atoms with Gasteiger partial charge in [0.05, 0.1) is 17.9 Å². The van der Waals surface area contributed by atoms with Crippen LogP contribution in [0.25, 0.3) is 11.0 Å². The predicted octanol–water partition coefficient (Wildman–Crippen LogP) is -0.355. The summed E-state index contributed by atoms with van der Waals surface area (Å²) >= 11 is 5.93. The zero-order valence-electron chi connectivity index (χ0n) is 16.2. The number of aliphatic hydroxyl groups excluding tert-OH is 2. The van der Waals surface area contributed by atoms with Crippen molar-refractivity contribution in [1.29, 1.82) is 0 Å². The van der Waals surface area contributed by atoms with Crippen LogP contribution in [0.2, 0.25) is 5.02 Å². The van der Waals surface area contributed by atoms with E-state index in [1.165, 1.54) is 24.1 Å². The molecule has 2 fully saturated rings. The summed E-state index contributed by atoms with van der Waals surface area (Å²) < 4.78 is 7.41. The van der Waals surface area contributed by atoms with Crippen LogP contribution in [0, 0.1) is 0 Å². The standard InChI is InChI=1S/C19H19ClN6O5/c1-9(27)24-25-15-12-6-23-26(16(12)22-8-21-15)17-13(28)14(29)19(31-17)7-18(19,30)10-2-4-11(20)5-3-10/h2-6,8,13-14,17,28-30H,7H2,1H3,(H,24,27)(H,21,22,25)/t13-,14+,17-,18-,19+/m1/s1. The minimum atomic E-state index is -1.48. The lowest BCUT2D eigenvalue weighted by Crippen LogP contribution is -2.38. The van der Waals surface area contributed by atoms with Gasteiger partial charge in [0.25, 0.3) is 0 Å². The van der Waals surface area contributed by atoms with E-state index in [0.717, 1.165) is 0 Å². The van der Waals surface area contributed by atoms with E-state index in [0.29, 0.717) is 21.6 Å². The van der Waals surface area contributed by atoms with Gasteiger partial charge in [-0.3, -0.25) is 4.79 Å². The summed E-state index contributed by atoms with van der Waals surface area (Å²) in [4.78, 5) is 18.1. The molecule has 31 heavy (non-hydrogen) atoms. The summed E-state index contributed by atoms with van der Waals surface area (Å²) in [6.45, 7) is 1.32. The highest BCUT2D eigenvalue weighted by atomic mass is 35.5. The van der Waals surface area contributed by atoms with Crippen molar-refractivity contribution >= 4 is 28.5 Å². The van der Waals surface area contributed by atoms with Crippen LogP contribution in [0.5, 0.6) is 0 Å². The number of ether oxygens (including phenoxy) is 1. The molecule has 3 heterocycles. The third kappa shape index (κ3) is 2.89. The molecule has 1 aromatic carbocycles. The van der Waals surface area contributed by atoms with Gasteiger partial charge in [0.15, 0.2) is 11.7 Å². The molecule has 162 valence electrons. The number of aromatic amines is 1. The lowest BCUT2D eigenvalue weighted by Gasteiger charge is -2.20. The van der Waals surface area contributed by atoms with Crippen LogP contribution in [0.4, 0.5) is 0 Å². The lowest BCUT2D eigenvalue weighted by molar-refractivity contribution is -0.119. The summed E-state index contributed by atoms with van der Waals surface area (Å²) in [6.07, 6.45) is -0.893. The molecule has 2 aromatic heterocycles. The molecule has 5 atom stereocenters. The van der Waals surface area contributed by atoms with E-state index in [1.807, 2.05) is 0 Å². The highest BCUT2D eigenvalue weighted by Crippen LogP contribution is 2.65. The summed E-state index contributed by atoms with van der Waals surface area (Å²) in [5, 5.41) is 41.9. The maximum absolute atomic E-state index is 11.2. The molecule has 11 nitrogen and oxygen atoms in total. The molecule has 5 rings (SSSR count). The number of hydrogen-bond donors (Lipinski definition) is 5. The van der Waals surface area contributed by atoms with Crippen LogP contribution in [0.15, 0.2) is 41.9 Å². The van der Waals surface area contributed by atoms with Crippen molar-refractivity contribution in [3.63, 3.8) is 0 Å². The van der Waals surface area contributed by atoms with Crippen LogP contribution >= 0.6 is 11.6 Å². The van der Waals surface area contributed by atoms with E-state index in [-0.39, 0.29) is 17.8 Å². The average molecular weight is 447 g/mol. The molecule has 5 N–H and O–H groups in total. The first kappa shape index (κ1) is 20.1. The van der Waals surface area contributed by atoms with Crippen molar-refractivity contribution < 1.29 is 24.9 Å². The molecule has 12 heteroatoms. The quantitative estimate of drug-likeness (QED) is 0.344. The van der Waals surface area contributed by atoms with Crippen molar-refractivity contribution in [3.05, 3.63) is 52.9 Å². The number of amides is 1. The Balaban J connectivity index is 1.51. The molecule has 2 aliphatic rings. The van der Waals surface area contributed by atoms with Crippen LogP contribution in [0.1, 0.15) is 25.1 Å². The average Bonchev–Trinajstić information content (AvgIpc) is 3.02. The van der Waals surface area contributed by atoms with Gasteiger partial charge in [0.1, 0.15) is 29.1 Å². The zero-order valence-corrected chi connectivity index (χ0v) is 17.0. The Kier molecular flexibility index (Phi) is 4.43. The van der Waals surface area contributed by atoms with Crippen LogP contribution in [-0.2, 0) is 15.1 Å². The minimum absolute atomic E-state index is 0.101. The first-order valence-corrected chi connectivity index (χ1v) is 9.88. The second kappa shape index (κ2) is 6.84. The van der Waals surface area contributed by atoms with Gasteiger partial charge in [0.2, 0.25) is 5.91 Å². The van der Waals surface area contributed by atoms with Crippen LogP contribution in [0.3, 0.4) is 0 Å². The van der Waals surface area contributed by atoms with E-state index in [4.69, 9.17) is 16.3 Å². The first-order valence-electron chi connectivity index (χ1n) is 9.50. The molecule has 0 unspecified atom stereocenters. The van der Waals surface area contributed by atoms with Gasteiger partial charge in [-0.2, -0.15) is 10.2 Å². The molecule has 1 saturated carbocycles. The van der Waals surface area contributed by atoms with Gasteiger partial charge < -0.3 is 25.0 Å². The Morgan fingerprint density at radius 1 is 1.39 bits per heavy atom. The molecular weight excluding hydrogens is 428 g/mol. The number of H-pyrrole nitrogens is 1. The van der Waals surface area contributed by atoms with E-state index in [1.54, 1.807) is 24.3 Å². The van der Waals surface area contributed by atoms with E-state index < -0.39 is 29.6 Å². The predicted molar refractivity (Wildman–Crippen MR) is 106 cm³/mol. The highest BCUT2D eigenvalue weighted by Gasteiger charge is 2.78. The van der Waals surface area contributed by atoms with Gasteiger partial charge in [-0.25, -0.2) is 15.1 Å². The van der Waals surface area contributed by atoms with Crippen LogP contribution in [-0.4, -0.2) is 58.8 Å². The topological polar surface area (TPSA) is 158 Å². The molecule has 1 saturated heterocycles. The molecule has 1 spiro atoms. The number of nitrogens with one attached hydrogen (secondary N) is 2. The largest absolute Gasteiger partial charge is 0.387 e. The number of carbonyl (C=O) groups excluding carboxylic acids is 1. The van der Waals surface area contributed by atoms with E-state index >= 15 is 0 Å². The van der Waals surface area contributed by atoms with Crippen molar-refractivity contribution in [1.82, 2.24) is 25.2 Å². The summed E-state index contributed by atoms with van der Waals surface area (Å²) in [5.41, 5.74) is 0.590. The summed E-state index contributed by atoms with van der Waals surface area (Å²) in [6, 6.07) is 6.59. The van der Waals surface area contributed by atoms with Gasteiger partial charge in [-0.1, -0.05) is 23.7 Å². The third-order valence-electron chi connectivity index (χ3n) is 5.82. The van der Waals surface area contributed by atoms with Crippen molar-refractivity contribution in [2.45, 2.75) is 43.0 Å². The number of aliphatic hydroxyl groups is 3. The molecule has 1 aliphatic carbocycles. The third-order valence-corrected chi connectivity index (χ3v) is 6.08. The number of fused-ring (bicyclic) bond motifs is 1. The number of carbonyl (C=O) groups is 1. The van der Waals surface area contributed by atoms with E-state index in [9.17, 15) is 20.1 Å². The van der Waals surface area contributed by atoms with Crippen molar-refractivity contribution in [2.75, 3.05) is 0 Å². The van der Waals surface area contributed by atoms with E-state index in [2.05, 4.69) is 25.6 Å². The Morgan fingerprint density at radius 3 is 2.84 bits per heavy atom. The Bertz CT molecular complexity index is 1240. The summed E-state index contributed by atoms with van der Waals surface area (Å²) in [5.74, 6) is -0.356.